The Balaban J connectivity index is 2.05. The number of benzene rings is 1. The highest BCUT2D eigenvalue weighted by Crippen LogP contribution is 2.27. The van der Waals surface area contributed by atoms with Gasteiger partial charge in [-0.1, -0.05) is 23.7 Å². The zero-order valence-corrected chi connectivity index (χ0v) is 15.5. The van der Waals surface area contributed by atoms with Crippen molar-refractivity contribution < 1.29 is 4.74 Å². The van der Waals surface area contributed by atoms with Crippen LogP contribution in [0.2, 0.25) is 5.02 Å². The third-order valence-electron chi connectivity index (χ3n) is 4.05. The lowest BCUT2D eigenvalue weighted by molar-refractivity contribution is 0.148. The molecule has 0 spiro atoms. The highest BCUT2D eigenvalue weighted by atomic mass is 35.5. The van der Waals surface area contributed by atoms with E-state index in [1.54, 1.807) is 7.11 Å². The molecule has 2 heterocycles. The third-order valence-corrected chi connectivity index (χ3v) is 4.29. The fraction of sp³-hybridized carbons (Fsp3) is 0.412. The smallest absolute Gasteiger partial charge is 0.184 e. The first kappa shape index (κ1) is 17.6. The largest absolute Gasteiger partial charge is 0.382 e. The standard InChI is InChI=1S/C17H21ClN6O/c1-5-13(9-25-4)24-17-15(22-23-24)16(19-11(3)20-17)21-14-7-6-12(18)8-10(14)2/h6-8,13H,5,9H2,1-4H3,(H,19,20,21). The van der Waals surface area contributed by atoms with Gasteiger partial charge in [0.15, 0.2) is 17.0 Å². The molecule has 3 rings (SSSR count). The maximum absolute atomic E-state index is 6.03. The number of halogens is 1. The van der Waals surface area contributed by atoms with Crippen molar-refractivity contribution >= 4 is 34.3 Å². The summed E-state index contributed by atoms with van der Waals surface area (Å²) in [4.78, 5) is 9.04. The Morgan fingerprint density at radius 1 is 1.28 bits per heavy atom. The van der Waals surface area contributed by atoms with Gasteiger partial charge in [-0.2, -0.15) is 0 Å². The van der Waals surface area contributed by atoms with E-state index in [-0.39, 0.29) is 6.04 Å². The van der Waals surface area contributed by atoms with Gasteiger partial charge in [0.25, 0.3) is 0 Å². The fourth-order valence-corrected chi connectivity index (χ4v) is 2.95. The summed E-state index contributed by atoms with van der Waals surface area (Å²) in [6, 6.07) is 5.74. The zero-order chi connectivity index (χ0) is 18.0. The van der Waals surface area contributed by atoms with Crippen molar-refractivity contribution in [1.82, 2.24) is 25.0 Å². The fourth-order valence-electron chi connectivity index (χ4n) is 2.72. The first-order valence-corrected chi connectivity index (χ1v) is 8.53. The van der Waals surface area contributed by atoms with Crippen LogP contribution in [0.25, 0.3) is 11.2 Å². The second-order valence-electron chi connectivity index (χ2n) is 5.93. The third kappa shape index (κ3) is 3.57. The second kappa shape index (κ2) is 7.33. The van der Waals surface area contributed by atoms with Gasteiger partial charge >= 0.3 is 0 Å². The van der Waals surface area contributed by atoms with E-state index in [1.807, 2.05) is 36.7 Å². The average Bonchev–Trinajstić information content (AvgIpc) is 2.99. The summed E-state index contributed by atoms with van der Waals surface area (Å²) in [5, 5.41) is 12.6. The van der Waals surface area contributed by atoms with E-state index >= 15 is 0 Å². The van der Waals surface area contributed by atoms with Gasteiger partial charge in [-0.05, 0) is 44.0 Å². The topological polar surface area (TPSA) is 77.8 Å². The van der Waals surface area contributed by atoms with E-state index in [2.05, 4.69) is 32.5 Å². The summed E-state index contributed by atoms with van der Waals surface area (Å²) in [5.41, 5.74) is 3.28. The van der Waals surface area contributed by atoms with Crippen LogP contribution >= 0.6 is 11.6 Å². The minimum atomic E-state index is 0.0782. The van der Waals surface area contributed by atoms with Crippen molar-refractivity contribution in [3.05, 3.63) is 34.6 Å². The molecule has 1 atom stereocenters. The molecular weight excluding hydrogens is 340 g/mol. The predicted octanol–water partition coefficient (Wildman–Crippen LogP) is 3.83. The molecule has 0 aliphatic carbocycles. The number of fused-ring (bicyclic) bond motifs is 1. The van der Waals surface area contributed by atoms with Crippen molar-refractivity contribution in [2.45, 2.75) is 33.2 Å². The average molecular weight is 361 g/mol. The van der Waals surface area contributed by atoms with Gasteiger partial charge in [0.05, 0.1) is 12.6 Å². The lowest BCUT2D eigenvalue weighted by atomic mass is 10.2. The van der Waals surface area contributed by atoms with Crippen molar-refractivity contribution in [2.24, 2.45) is 0 Å². The molecule has 8 heteroatoms. The van der Waals surface area contributed by atoms with Crippen LogP contribution in [0.4, 0.5) is 11.5 Å². The number of anilines is 2. The van der Waals surface area contributed by atoms with Crippen LogP contribution in [0, 0.1) is 13.8 Å². The first-order valence-electron chi connectivity index (χ1n) is 8.15. The predicted molar refractivity (Wildman–Crippen MR) is 98.5 cm³/mol. The Kier molecular flexibility index (Phi) is 5.15. The summed E-state index contributed by atoms with van der Waals surface area (Å²) in [7, 11) is 1.68. The molecule has 0 saturated heterocycles. The summed E-state index contributed by atoms with van der Waals surface area (Å²) < 4.78 is 7.10. The van der Waals surface area contributed by atoms with Gasteiger partial charge in [0, 0.05) is 17.8 Å². The zero-order valence-electron chi connectivity index (χ0n) is 14.7. The summed E-state index contributed by atoms with van der Waals surface area (Å²) in [6.07, 6.45) is 0.869. The number of methoxy groups -OCH3 is 1. The Morgan fingerprint density at radius 2 is 2.08 bits per heavy atom. The first-order chi connectivity index (χ1) is 12.0. The maximum Gasteiger partial charge on any atom is 0.184 e. The van der Waals surface area contributed by atoms with Gasteiger partial charge in [0.2, 0.25) is 0 Å². The molecular formula is C17H21ClN6O. The van der Waals surface area contributed by atoms with Crippen molar-refractivity contribution in [3.63, 3.8) is 0 Å². The van der Waals surface area contributed by atoms with Crippen molar-refractivity contribution in [3.8, 4) is 0 Å². The van der Waals surface area contributed by atoms with Crippen molar-refractivity contribution in [2.75, 3.05) is 19.0 Å². The number of nitrogens with one attached hydrogen (secondary N) is 1. The minimum absolute atomic E-state index is 0.0782. The Hall–Kier alpha value is -2.25. The number of ether oxygens (including phenoxy) is 1. The van der Waals surface area contributed by atoms with Crippen LogP contribution in [-0.4, -0.2) is 38.7 Å². The molecule has 1 N–H and O–H groups in total. The summed E-state index contributed by atoms with van der Waals surface area (Å²) in [5.74, 6) is 1.28. The maximum atomic E-state index is 6.03. The minimum Gasteiger partial charge on any atom is -0.382 e. The molecule has 0 saturated carbocycles. The highest BCUT2D eigenvalue weighted by Gasteiger charge is 2.19. The van der Waals surface area contributed by atoms with E-state index in [0.29, 0.717) is 34.4 Å². The molecule has 0 aliphatic heterocycles. The van der Waals surface area contributed by atoms with Gasteiger partial charge in [0.1, 0.15) is 5.82 Å². The van der Waals surface area contributed by atoms with Gasteiger partial charge in [-0.15, -0.1) is 5.10 Å². The highest BCUT2D eigenvalue weighted by molar-refractivity contribution is 6.30. The van der Waals surface area contributed by atoms with Crippen LogP contribution in [0.5, 0.6) is 0 Å². The Labute approximate surface area is 151 Å². The number of rotatable bonds is 6. The van der Waals surface area contributed by atoms with E-state index in [9.17, 15) is 0 Å². The molecule has 0 aliphatic rings. The van der Waals surface area contributed by atoms with Gasteiger partial charge < -0.3 is 10.1 Å². The summed E-state index contributed by atoms with van der Waals surface area (Å²) in [6.45, 7) is 6.48. The number of nitrogens with zero attached hydrogens (tertiary/aromatic N) is 5. The molecule has 25 heavy (non-hydrogen) atoms. The van der Waals surface area contributed by atoms with Crippen LogP contribution in [-0.2, 0) is 4.74 Å². The Morgan fingerprint density at radius 3 is 2.76 bits per heavy atom. The molecule has 1 unspecified atom stereocenters. The van der Waals surface area contributed by atoms with E-state index in [4.69, 9.17) is 16.3 Å². The van der Waals surface area contributed by atoms with E-state index < -0.39 is 0 Å². The van der Waals surface area contributed by atoms with Crippen LogP contribution in [0.3, 0.4) is 0 Å². The van der Waals surface area contributed by atoms with E-state index in [1.165, 1.54) is 0 Å². The van der Waals surface area contributed by atoms with E-state index in [0.717, 1.165) is 17.7 Å². The lowest BCUT2D eigenvalue weighted by Crippen LogP contribution is -2.16. The molecule has 2 aromatic heterocycles. The van der Waals surface area contributed by atoms with Gasteiger partial charge in [-0.25, -0.2) is 14.6 Å². The SMILES string of the molecule is CCC(COC)n1nnc2c(Nc3ccc(Cl)cc3C)nc(C)nc21. The normalized spacial score (nSPS) is 12.5. The molecule has 0 radical (unpaired) electrons. The number of hydrogen-bond acceptors (Lipinski definition) is 6. The van der Waals surface area contributed by atoms with Gasteiger partial charge in [-0.3, -0.25) is 0 Å². The van der Waals surface area contributed by atoms with Crippen LogP contribution < -0.4 is 5.32 Å². The lowest BCUT2D eigenvalue weighted by Gasteiger charge is -2.14. The molecule has 1 aromatic carbocycles. The van der Waals surface area contributed by atoms with Crippen molar-refractivity contribution in [1.29, 1.82) is 0 Å². The number of aromatic nitrogens is 5. The number of aryl methyl sites for hydroxylation is 2. The molecule has 7 nitrogen and oxygen atoms in total. The molecule has 3 aromatic rings. The monoisotopic (exact) mass is 360 g/mol. The Bertz CT molecular complexity index is 894. The van der Waals surface area contributed by atoms with Crippen LogP contribution in [0.15, 0.2) is 18.2 Å². The summed E-state index contributed by atoms with van der Waals surface area (Å²) >= 11 is 6.03. The number of hydrogen-bond donors (Lipinski definition) is 1. The van der Waals surface area contributed by atoms with Crippen LogP contribution in [0.1, 0.15) is 30.8 Å². The molecule has 0 bridgehead atoms. The molecule has 132 valence electrons. The quantitative estimate of drug-likeness (QED) is 0.719. The molecule has 0 fully saturated rings. The molecule has 0 amide bonds. The second-order valence-corrected chi connectivity index (χ2v) is 6.36.